The average Bonchev–Trinajstić information content (AvgIpc) is 2.95. The van der Waals surface area contributed by atoms with Gasteiger partial charge in [-0.3, -0.25) is 14.7 Å². The van der Waals surface area contributed by atoms with Crippen molar-refractivity contribution in [2.75, 3.05) is 13.2 Å². The predicted octanol–water partition coefficient (Wildman–Crippen LogP) is 3.71. The van der Waals surface area contributed by atoms with E-state index in [1.807, 2.05) is 54.9 Å². The van der Waals surface area contributed by atoms with Crippen LogP contribution in [0.3, 0.4) is 0 Å². The van der Waals surface area contributed by atoms with E-state index in [1.165, 1.54) is 11.1 Å². The van der Waals surface area contributed by atoms with E-state index in [4.69, 9.17) is 4.74 Å². The molecular weight excluding hydrogens is 362 g/mol. The maximum Gasteiger partial charge on any atom is 0.251 e. The molecule has 3 aromatic rings. The Morgan fingerprint density at radius 3 is 2.66 bits per heavy atom. The zero-order valence-electron chi connectivity index (χ0n) is 16.6. The number of rotatable bonds is 5. The van der Waals surface area contributed by atoms with E-state index in [9.17, 15) is 4.79 Å². The summed E-state index contributed by atoms with van der Waals surface area (Å²) in [5.74, 6) is 0.788. The first-order valence-corrected chi connectivity index (χ1v) is 9.88. The van der Waals surface area contributed by atoms with Crippen molar-refractivity contribution in [3.63, 3.8) is 0 Å². The smallest absolute Gasteiger partial charge is 0.251 e. The summed E-state index contributed by atoms with van der Waals surface area (Å²) >= 11 is 0. The minimum absolute atomic E-state index is 0.0710. The fourth-order valence-corrected chi connectivity index (χ4v) is 3.46. The third-order valence-electron chi connectivity index (χ3n) is 5.11. The lowest BCUT2D eigenvalue weighted by Crippen LogP contribution is -2.25. The molecule has 0 aliphatic carbocycles. The maximum absolute atomic E-state index is 12.7. The van der Waals surface area contributed by atoms with E-state index in [2.05, 4.69) is 34.3 Å². The Hall–Kier alpha value is -3.18. The standard InChI is InChI=1S/C24H25N3O2/c1-18-2-4-19(5-3-18)15-26-24(28)21-6-7-23-22(14-21)17-27(12-13-29-23)16-20-8-10-25-11-9-20/h2-11,14H,12-13,15-17H2,1H3,(H,26,28). The van der Waals surface area contributed by atoms with Gasteiger partial charge < -0.3 is 10.1 Å². The number of fused-ring (bicyclic) bond motifs is 1. The van der Waals surface area contributed by atoms with Crippen LogP contribution < -0.4 is 10.1 Å². The lowest BCUT2D eigenvalue weighted by atomic mass is 10.1. The van der Waals surface area contributed by atoms with E-state index in [0.717, 1.165) is 36.5 Å². The highest BCUT2D eigenvalue weighted by Gasteiger charge is 2.17. The fraction of sp³-hybridized carbons (Fsp3) is 0.250. The summed E-state index contributed by atoms with van der Waals surface area (Å²) in [6.07, 6.45) is 3.63. The van der Waals surface area contributed by atoms with Crippen molar-refractivity contribution in [1.29, 1.82) is 0 Å². The van der Waals surface area contributed by atoms with Gasteiger partial charge in [-0.15, -0.1) is 0 Å². The minimum Gasteiger partial charge on any atom is -0.492 e. The summed E-state index contributed by atoms with van der Waals surface area (Å²) in [6.45, 7) is 5.62. The quantitative estimate of drug-likeness (QED) is 0.725. The second-order valence-corrected chi connectivity index (χ2v) is 7.41. The van der Waals surface area contributed by atoms with Gasteiger partial charge in [0.05, 0.1) is 0 Å². The number of benzene rings is 2. The Kier molecular flexibility index (Phi) is 5.86. The Balaban J connectivity index is 1.44. The molecule has 1 aromatic heterocycles. The van der Waals surface area contributed by atoms with Gasteiger partial charge in [0.2, 0.25) is 0 Å². The number of aryl methyl sites for hydroxylation is 1. The number of ether oxygens (including phenoxy) is 1. The summed E-state index contributed by atoms with van der Waals surface area (Å²) in [6, 6.07) is 17.9. The number of pyridine rings is 1. The van der Waals surface area contributed by atoms with Gasteiger partial charge in [0.15, 0.2) is 0 Å². The van der Waals surface area contributed by atoms with E-state index in [0.29, 0.717) is 18.7 Å². The first-order valence-electron chi connectivity index (χ1n) is 9.88. The molecule has 4 rings (SSSR count). The van der Waals surface area contributed by atoms with Gasteiger partial charge in [-0.05, 0) is 48.4 Å². The zero-order valence-corrected chi connectivity index (χ0v) is 16.6. The van der Waals surface area contributed by atoms with Crippen molar-refractivity contribution in [2.45, 2.75) is 26.6 Å². The number of amides is 1. The Labute approximate surface area is 171 Å². The molecule has 1 aliphatic rings. The van der Waals surface area contributed by atoms with Gasteiger partial charge >= 0.3 is 0 Å². The van der Waals surface area contributed by atoms with Crippen LogP contribution in [0.15, 0.2) is 67.0 Å². The fourth-order valence-electron chi connectivity index (χ4n) is 3.46. The van der Waals surface area contributed by atoms with Gasteiger partial charge in [-0.2, -0.15) is 0 Å². The van der Waals surface area contributed by atoms with Crippen molar-refractivity contribution in [1.82, 2.24) is 15.2 Å². The summed E-state index contributed by atoms with van der Waals surface area (Å²) in [4.78, 5) is 19.1. The Bertz CT molecular complexity index is 971. The summed E-state index contributed by atoms with van der Waals surface area (Å²) in [7, 11) is 0. The van der Waals surface area contributed by atoms with Gasteiger partial charge in [-0.1, -0.05) is 29.8 Å². The van der Waals surface area contributed by atoms with Crippen molar-refractivity contribution in [2.24, 2.45) is 0 Å². The molecule has 1 N–H and O–H groups in total. The molecule has 0 saturated carbocycles. The van der Waals surface area contributed by atoms with Crippen LogP contribution in [0.2, 0.25) is 0 Å². The third-order valence-corrected chi connectivity index (χ3v) is 5.11. The van der Waals surface area contributed by atoms with Crippen molar-refractivity contribution in [3.8, 4) is 5.75 Å². The van der Waals surface area contributed by atoms with Crippen LogP contribution in [0.25, 0.3) is 0 Å². The number of carbonyl (C=O) groups excluding carboxylic acids is 1. The van der Waals surface area contributed by atoms with Crippen LogP contribution in [-0.2, 0) is 19.6 Å². The zero-order chi connectivity index (χ0) is 20.1. The molecule has 148 valence electrons. The molecule has 1 amide bonds. The lowest BCUT2D eigenvalue weighted by Gasteiger charge is -2.19. The summed E-state index contributed by atoms with van der Waals surface area (Å²) in [5, 5.41) is 3.01. The van der Waals surface area contributed by atoms with Crippen molar-refractivity contribution < 1.29 is 9.53 Å². The molecule has 2 heterocycles. The molecule has 0 spiro atoms. The topological polar surface area (TPSA) is 54.5 Å². The van der Waals surface area contributed by atoms with Crippen LogP contribution in [0.1, 0.15) is 32.6 Å². The van der Waals surface area contributed by atoms with Crippen LogP contribution >= 0.6 is 0 Å². The average molecular weight is 387 g/mol. The molecule has 2 aromatic carbocycles. The molecule has 29 heavy (non-hydrogen) atoms. The van der Waals surface area contributed by atoms with Gasteiger partial charge in [-0.25, -0.2) is 0 Å². The molecule has 5 heteroatoms. The van der Waals surface area contributed by atoms with Gasteiger partial charge in [0.1, 0.15) is 12.4 Å². The minimum atomic E-state index is -0.0710. The number of aromatic nitrogens is 1. The lowest BCUT2D eigenvalue weighted by molar-refractivity contribution is 0.0950. The summed E-state index contributed by atoms with van der Waals surface area (Å²) in [5.41, 5.74) is 5.22. The highest BCUT2D eigenvalue weighted by Crippen LogP contribution is 2.25. The largest absolute Gasteiger partial charge is 0.492 e. The Morgan fingerprint density at radius 1 is 1.07 bits per heavy atom. The highest BCUT2D eigenvalue weighted by molar-refractivity contribution is 5.94. The molecule has 0 radical (unpaired) electrons. The highest BCUT2D eigenvalue weighted by atomic mass is 16.5. The monoisotopic (exact) mass is 387 g/mol. The first-order chi connectivity index (χ1) is 14.2. The van der Waals surface area contributed by atoms with Gasteiger partial charge in [0, 0.05) is 49.7 Å². The van der Waals surface area contributed by atoms with Crippen LogP contribution in [0.4, 0.5) is 0 Å². The summed E-state index contributed by atoms with van der Waals surface area (Å²) < 4.78 is 5.91. The normalized spacial score (nSPS) is 13.8. The molecule has 0 atom stereocenters. The molecule has 0 fully saturated rings. The van der Waals surface area contributed by atoms with E-state index in [1.54, 1.807) is 0 Å². The van der Waals surface area contributed by atoms with E-state index < -0.39 is 0 Å². The Morgan fingerprint density at radius 2 is 1.86 bits per heavy atom. The number of hydrogen-bond donors (Lipinski definition) is 1. The molecule has 0 saturated heterocycles. The van der Waals surface area contributed by atoms with E-state index in [-0.39, 0.29) is 5.91 Å². The molecule has 0 unspecified atom stereocenters. The third kappa shape index (κ3) is 5.00. The molecule has 1 aliphatic heterocycles. The molecule has 0 bridgehead atoms. The van der Waals surface area contributed by atoms with Crippen LogP contribution in [0, 0.1) is 6.92 Å². The number of nitrogens with zero attached hydrogens (tertiary/aromatic N) is 2. The number of nitrogens with one attached hydrogen (secondary N) is 1. The molecular formula is C24H25N3O2. The van der Waals surface area contributed by atoms with Crippen molar-refractivity contribution >= 4 is 5.91 Å². The SMILES string of the molecule is Cc1ccc(CNC(=O)c2ccc3c(c2)CN(Cc2ccncc2)CCO3)cc1. The van der Waals surface area contributed by atoms with Crippen molar-refractivity contribution in [3.05, 3.63) is 94.8 Å². The van der Waals surface area contributed by atoms with Crippen LogP contribution in [-0.4, -0.2) is 28.9 Å². The number of hydrogen-bond acceptors (Lipinski definition) is 4. The van der Waals surface area contributed by atoms with Crippen LogP contribution in [0.5, 0.6) is 5.75 Å². The second-order valence-electron chi connectivity index (χ2n) is 7.41. The second kappa shape index (κ2) is 8.88. The van der Waals surface area contributed by atoms with E-state index >= 15 is 0 Å². The first kappa shape index (κ1) is 19.2. The molecule has 5 nitrogen and oxygen atoms in total. The predicted molar refractivity (Wildman–Crippen MR) is 113 cm³/mol. The van der Waals surface area contributed by atoms with Gasteiger partial charge in [0.25, 0.3) is 5.91 Å². The number of carbonyl (C=O) groups is 1. The maximum atomic E-state index is 12.7.